The molecule has 0 unspecified atom stereocenters. The van der Waals surface area contributed by atoms with Crippen molar-refractivity contribution in [1.82, 2.24) is 10.4 Å². The second-order valence-corrected chi connectivity index (χ2v) is 8.75. The van der Waals surface area contributed by atoms with Gasteiger partial charge in [0.25, 0.3) is 5.91 Å². The van der Waals surface area contributed by atoms with Gasteiger partial charge in [0.15, 0.2) is 0 Å². The summed E-state index contributed by atoms with van der Waals surface area (Å²) in [6.07, 6.45) is 4.62. The normalized spacial score (nSPS) is 22.5. The summed E-state index contributed by atoms with van der Waals surface area (Å²) in [4.78, 5) is 13.2. The van der Waals surface area contributed by atoms with Crippen LogP contribution in [0.3, 0.4) is 0 Å². The largest absolute Gasteiger partial charge is 0.284 e. The van der Waals surface area contributed by atoms with E-state index in [2.05, 4.69) is 5.43 Å². The van der Waals surface area contributed by atoms with E-state index in [4.69, 9.17) is 28.3 Å². The Morgan fingerprint density at radius 2 is 1.67 bits per heavy atom. The molecule has 2 heterocycles. The molecule has 0 spiro atoms. The monoisotopic (exact) mass is 444 g/mol. The Kier molecular flexibility index (Phi) is 6.61. The maximum atomic E-state index is 13.2. The average molecular weight is 445 g/mol. The van der Waals surface area contributed by atoms with Gasteiger partial charge in [-0.25, -0.2) is 5.01 Å². The van der Waals surface area contributed by atoms with E-state index in [-0.39, 0.29) is 17.9 Å². The fourth-order valence-corrected chi connectivity index (χ4v) is 4.55. The number of nitrogens with zero attached hydrogens (tertiary/aromatic N) is 3. The van der Waals surface area contributed by atoms with Gasteiger partial charge in [0.1, 0.15) is 5.71 Å². The zero-order chi connectivity index (χ0) is 21.1. The minimum absolute atomic E-state index is 0.116. The van der Waals surface area contributed by atoms with Crippen LogP contribution in [0.5, 0.6) is 0 Å². The fraction of sp³-hybridized carbons (Fsp3) is 0.391. The number of para-hydroxylation sites is 1. The molecule has 30 heavy (non-hydrogen) atoms. The minimum atomic E-state index is -0.146. The van der Waals surface area contributed by atoms with Gasteiger partial charge in [0.2, 0.25) is 0 Å². The molecule has 2 aliphatic rings. The lowest BCUT2D eigenvalue weighted by atomic mass is 9.91. The van der Waals surface area contributed by atoms with Crippen molar-refractivity contribution in [3.63, 3.8) is 0 Å². The zero-order valence-electron chi connectivity index (χ0n) is 17.0. The van der Waals surface area contributed by atoms with Crippen molar-refractivity contribution in [2.24, 2.45) is 11.0 Å². The highest BCUT2D eigenvalue weighted by molar-refractivity contribution is 6.40. The summed E-state index contributed by atoms with van der Waals surface area (Å²) < 4.78 is 0. The van der Waals surface area contributed by atoms with Gasteiger partial charge in [-0.1, -0.05) is 67.2 Å². The van der Waals surface area contributed by atoms with Crippen molar-refractivity contribution < 1.29 is 4.79 Å². The van der Waals surface area contributed by atoms with E-state index in [1.165, 1.54) is 12.8 Å². The summed E-state index contributed by atoms with van der Waals surface area (Å²) in [5, 5.41) is 9.93. The Bertz CT molecular complexity index is 923. The predicted octanol–water partition coefficient (Wildman–Crippen LogP) is 5.45. The van der Waals surface area contributed by atoms with E-state index >= 15 is 0 Å². The maximum absolute atomic E-state index is 13.2. The number of benzene rings is 2. The zero-order valence-corrected chi connectivity index (χ0v) is 18.5. The predicted molar refractivity (Wildman–Crippen MR) is 123 cm³/mol. The molecule has 2 aromatic carbocycles. The molecule has 0 bridgehead atoms. The molecular formula is C23H26Cl2N4O. The van der Waals surface area contributed by atoms with E-state index in [1.54, 1.807) is 0 Å². The van der Waals surface area contributed by atoms with Crippen LogP contribution in [0.15, 0.2) is 53.6 Å². The summed E-state index contributed by atoms with van der Waals surface area (Å²) in [7, 11) is 0. The van der Waals surface area contributed by atoms with Gasteiger partial charge in [0, 0.05) is 24.0 Å². The molecule has 1 N–H and O–H groups in total. The van der Waals surface area contributed by atoms with Crippen LogP contribution in [0.4, 0.5) is 5.69 Å². The highest BCUT2D eigenvalue weighted by Crippen LogP contribution is 2.41. The molecule has 5 nitrogen and oxygen atoms in total. The number of hydrogen-bond donors (Lipinski definition) is 1. The Labute approximate surface area is 187 Å². The molecule has 1 saturated heterocycles. The Hall–Kier alpha value is -2.08. The van der Waals surface area contributed by atoms with Crippen molar-refractivity contribution in [3.05, 3.63) is 64.1 Å². The van der Waals surface area contributed by atoms with Crippen LogP contribution in [-0.4, -0.2) is 29.7 Å². The van der Waals surface area contributed by atoms with Crippen LogP contribution >= 0.6 is 23.2 Å². The smallest absolute Gasteiger partial charge is 0.282 e. The second-order valence-electron chi connectivity index (χ2n) is 7.91. The molecule has 0 saturated carbocycles. The number of carbonyl (C=O) groups is 1. The van der Waals surface area contributed by atoms with E-state index in [0.717, 1.165) is 37.2 Å². The van der Waals surface area contributed by atoms with Crippen molar-refractivity contribution in [3.8, 4) is 0 Å². The first kappa shape index (κ1) is 21.2. The fourth-order valence-electron chi connectivity index (χ4n) is 4.20. The van der Waals surface area contributed by atoms with Gasteiger partial charge in [-0.2, -0.15) is 5.10 Å². The molecule has 1 amide bonds. The SMILES string of the molecule is C[C@@H]1C(C(=O)NN2CCCCCC2)=NN(c2ccccc2Cl)[C@H]1c1ccc(Cl)cc1. The van der Waals surface area contributed by atoms with Crippen LogP contribution in [0.1, 0.15) is 44.2 Å². The van der Waals surface area contributed by atoms with Crippen molar-refractivity contribution in [2.75, 3.05) is 18.1 Å². The Morgan fingerprint density at radius 3 is 2.33 bits per heavy atom. The molecule has 0 radical (unpaired) electrons. The number of halogens is 2. The molecule has 0 aliphatic carbocycles. The molecule has 2 aromatic rings. The van der Waals surface area contributed by atoms with Gasteiger partial charge >= 0.3 is 0 Å². The highest BCUT2D eigenvalue weighted by atomic mass is 35.5. The van der Waals surface area contributed by atoms with E-state index < -0.39 is 0 Å². The van der Waals surface area contributed by atoms with Crippen LogP contribution in [0.25, 0.3) is 0 Å². The summed E-state index contributed by atoms with van der Waals surface area (Å²) in [5.74, 6) is -0.257. The first-order chi connectivity index (χ1) is 14.5. The summed E-state index contributed by atoms with van der Waals surface area (Å²) in [6.45, 7) is 3.79. The third-order valence-electron chi connectivity index (χ3n) is 5.79. The second kappa shape index (κ2) is 9.38. The number of hydrazone groups is 1. The van der Waals surface area contributed by atoms with Gasteiger partial charge in [-0.3, -0.25) is 15.2 Å². The summed E-state index contributed by atoms with van der Waals surface area (Å²) in [5.41, 5.74) is 5.41. The van der Waals surface area contributed by atoms with E-state index in [0.29, 0.717) is 15.8 Å². The molecule has 1 fully saturated rings. The Morgan fingerprint density at radius 1 is 1.00 bits per heavy atom. The lowest BCUT2D eigenvalue weighted by Crippen LogP contribution is -2.46. The first-order valence-electron chi connectivity index (χ1n) is 10.5. The summed E-state index contributed by atoms with van der Waals surface area (Å²) >= 11 is 12.6. The number of hydrazine groups is 1. The van der Waals surface area contributed by atoms with Gasteiger partial charge in [-0.05, 0) is 42.7 Å². The third-order valence-corrected chi connectivity index (χ3v) is 6.36. The number of amides is 1. The van der Waals surface area contributed by atoms with Crippen LogP contribution in [-0.2, 0) is 4.79 Å². The highest BCUT2D eigenvalue weighted by Gasteiger charge is 2.40. The molecule has 2 atom stereocenters. The number of carbonyl (C=O) groups excluding carboxylic acids is 1. The first-order valence-corrected chi connectivity index (χ1v) is 11.2. The number of nitrogens with one attached hydrogen (secondary N) is 1. The topological polar surface area (TPSA) is 47.9 Å². The number of anilines is 1. The molecular weight excluding hydrogens is 419 g/mol. The molecule has 0 aromatic heterocycles. The minimum Gasteiger partial charge on any atom is -0.284 e. The number of hydrogen-bond acceptors (Lipinski definition) is 4. The van der Waals surface area contributed by atoms with Crippen molar-refractivity contribution in [2.45, 2.75) is 38.6 Å². The molecule has 2 aliphatic heterocycles. The van der Waals surface area contributed by atoms with E-state index in [1.807, 2.05) is 65.5 Å². The average Bonchev–Trinajstić information content (AvgIpc) is 2.89. The lowest BCUT2D eigenvalue weighted by Gasteiger charge is -2.27. The van der Waals surface area contributed by atoms with E-state index in [9.17, 15) is 4.79 Å². The molecule has 7 heteroatoms. The van der Waals surface area contributed by atoms with Crippen molar-refractivity contribution >= 4 is 40.5 Å². The third kappa shape index (κ3) is 4.48. The van der Waals surface area contributed by atoms with Gasteiger partial charge < -0.3 is 0 Å². The molecule has 158 valence electrons. The maximum Gasteiger partial charge on any atom is 0.282 e. The van der Waals surface area contributed by atoms with Crippen LogP contribution in [0, 0.1) is 5.92 Å². The van der Waals surface area contributed by atoms with Gasteiger partial charge in [-0.15, -0.1) is 0 Å². The van der Waals surface area contributed by atoms with Gasteiger partial charge in [0.05, 0.1) is 16.8 Å². The Balaban J connectivity index is 1.65. The number of rotatable bonds is 4. The standard InChI is InChI=1S/C23H26Cl2N4O/c1-16-21(23(30)27-28-14-6-2-3-7-15-28)26-29(20-9-5-4-8-19(20)25)22(16)17-10-12-18(24)13-11-17/h4-5,8-13,16,22H,2-3,6-7,14-15H2,1H3,(H,27,30)/t16-,22-/m1/s1. The summed E-state index contributed by atoms with van der Waals surface area (Å²) in [6, 6.07) is 15.1. The lowest BCUT2D eigenvalue weighted by molar-refractivity contribution is -0.119. The van der Waals surface area contributed by atoms with Crippen LogP contribution < -0.4 is 10.4 Å². The molecule has 4 rings (SSSR count). The van der Waals surface area contributed by atoms with Crippen molar-refractivity contribution in [1.29, 1.82) is 0 Å². The quantitative estimate of drug-likeness (QED) is 0.681. The van der Waals surface area contributed by atoms with Crippen LogP contribution in [0.2, 0.25) is 10.0 Å².